The second-order valence-corrected chi connectivity index (χ2v) is 3.16. The standard InChI is InChI=1S/C10H14N2O2.ClH/c1-7-3-4-8(12-6-7)5-9(11)10(13)14-2;/h3-4,6,9H,5,11H2,1-2H3;1H. The van der Waals surface area contributed by atoms with E-state index in [0.29, 0.717) is 6.42 Å². The first-order valence-electron chi connectivity index (χ1n) is 4.38. The maximum atomic E-state index is 11.0. The summed E-state index contributed by atoms with van der Waals surface area (Å²) in [4.78, 5) is 15.2. The largest absolute Gasteiger partial charge is 0.468 e. The molecular weight excluding hydrogens is 216 g/mol. The first-order chi connectivity index (χ1) is 6.63. The number of hydrogen-bond acceptors (Lipinski definition) is 4. The van der Waals surface area contributed by atoms with Gasteiger partial charge in [-0.1, -0.05) is 6.07 Å². The molecule has 0 radical (unpaired) electrons. The summed E-state index contributed by atoms with van der Waals surface area (Å²) in [5.41, 5.74) is 7.47. The Hall–Kier alpha value is -1.13. The molecule has 4 nitrogen and oxygen atoms in total. The maximum Gasteiger partial charge on any atom is 0.323 e. The second kappa shape index (κ2) is 6.37. The fourth-order valence-corrected chi connectivity index (χ4v) is 1.08. The highest BCUT2D eigenvalue weighted by molar-refractivity contribution is 5.85. The summed E-state index contributed by atoms with van der Waals surface area (Å²) >= 11 is 0. The summed E-state index contributed by atoms with van der Waals surface area (Å²) in [6, 6.07) is 3.17. The molecule has 0 saturated carbocycles. The van der Waals surface area contributed by atoms with Crippen molar-refractivity contribution in [1.29, 1.82) is 0 Å². The predicted octanol–water partition coefficient (Wildman–Crippen LogP) is 0.855. The van der Waals surface area contributed by atoms with E-state index in [1.54, 1.807) is 6.20 Å². The molecule has 1 aromatic heterocycles. The summed E-state index contributed by atoms with van der Waals surface area (Å²) in [7, 11) is 1.32. The molecule has 1 aromatic rings. The average molecular weight is 231 g/mol. The van der Waals surface area contributed by atoms with E-state index < -0.39 is 12.0 Å². The number of aryl methyl sites for hydroxylation is 1. The summed E-state index contributed by atoms with van der Waals surface area (Å²) < 4.78 is 4.52. The number of methoxy groups -OCH3 is 1. The average Bonchev–Trinajstić information content (AvgIpc) is 2.20. The lowest BCUT2D eigenvalue weighted by Crippen LogP contribution is -2.33. The van der Waals surface area contributed by atoms with Crippen LogP contribution in [0.5, 0.6) is 0 Å². The van der Waals surface area contributed by atoms with Crippen LogP contribution in [-0.2, 0) is 16.0 Å². The number of halogens is 1. The van der Waals surface area contributed by atoms with Gasteiger partial charge < -0.3 is 10.5 Å². The van der Waals surface area contributed by atoms with Gasteiger partial charge in [0.1, 0.15) is 6.04 Å². The highest BCUT2D eigenvalue weighted by Crippen LogP contribution is 2.01. The summed E-state index contributed by atoms with van der Waals surface area (Å²) in [5, 5.41) is 0. The molecule has 2 N–H and O–H groups in total. The molecule has 0 bridgehead atoms. The van der Waals surface area contributed by atoms with E-state index in [2.05, 4.69) is 9.72 Å². The van der Waals surface area contributed by atoms with Crippen LogP contribution in [0.3, 0.4) is 0 Å². The Morgan fingerprint density at radius 3 is 2.73 bits per heavy atom. The second-order valence-electron chi connectivity index (χ2n) is 3.16. The number of carbonyl (C=O) groups is 1. The molecular formula is C10H15ClN2O2. The van der Waals surface area contributed by atoms with Crippen molar-refractivity contribution in [2.45, 2.75) is 19.4 Å². The third-order valence-electron chi connectivity index (χ3n) is 1.91. The van der Waals surface area contributed by atoms with Crippen LogP contribution in [0.15, 0.2) is 18.3 Å². The van der Waals surface area contributed by atoms with Crippen molar-refractivity contribution in [2.75, 3.05) is 7.11 Å². The van der Waals surface area contributed by atoms with Gasteiger partial charge in [-0.2, -0.15) is 0 Å². The van der Waals surface area contributed by atoms with Crippen LogP contribution in [0.25, 0.3) is 0 Å². The third-order valence-corrected chi connectivity index (χ3v) is 1.91. The van der Waals surface area contributed by atoms with Gasteiger partial charge in [-0.05, 0) is 18.6 Å². The molecule has 1 rings (SSSR count). The third kappa shape index (κ3) is 4.27. The van der Waals surface area contributed by atoms with Crippen LogP contribution < -0.4 is 5.73 Å². The van der Waals surface area contributed by atoms with Crippen molar-refractivity contribution in [3.05, 3.63) is 29.6 Å². The smallest absolute Gasteiger partial charge is 0.323 e. The number of rotatable bonds is 3. The van der Waals surface area contributed by atoms with E-state index in [0.717, 1.165) is 11.3 Å². The summed E-state index contributed by atoms with van der Waals surface area (Å²) in [6.07, 6.45) is 2.16. The predicted molar refractivity (Wildman–Crippen MR) is 59.9 cm³/mol. The highest BCUT2D eigenvalue weighted by Gasteiger charge is 2.14. The van der Waals surface area contributed by atoms with Crippen LogP contribution >= 0.6 is 12.4 Å². The highest BCUT2D eigenvalue weighted by atomic mass is 35.5. The van der Waals surface area contributed by atoms with Crippen LogP contribution in [0, 0.1) is 6.92 Å². The Morgan fingerprint density at radius 1 is 1.60 bits per heavy atom. The Morgan fingerprint density at radius 2 is 2.27 bits per heavy atom. The normalized spacial score (nSPS) is 11.4. The molecule has 0 aliphatic rings. The van der Waals surface area contributed by atoms with Crippen molar-refractivity contribution in [3.8, 4) is 0 Å². The summed E-state index contributed by atoms with van der Waals surface area (Å²) in [6.45, 7) is 1.96. The molecule has 84 valence electrons. The van der Waals surface area contributed by atoms with Gasteiger partial charge in [-0.15, -0.1) is 12.4 Å². The number of pyridine rings is 1. The molecule has 0 aliphatic heterocycles. The van der Waals surface area contributed by atoms with Crippen LogP contribution in [0.4, 0.5) is 0 Å². The number of esters is 1. The molecule has 1 heterocycles. The number of ether oxygens (including phenoxy) is 1. The van der Waals surface area contributed by atoms with E-state index in [4.69, 9.17) is 5.73 Å². The number of aromatic nitrogens is 1. The van der Waals surface area contributed by atoms with Crippen molar-refractivity contribution in [2.24, 2.45) is 5.73 Å². The quantitative estimate of drug-likeness (QED) is 0.782. The zero-order valence-corrected chi connectivity index (χ0v) is 9.58. The Kier molecular flexibility index (Phi) is 5.89. The van der Waals surface area contributed by atoms with Gasteiger partial charge >= 0.3 is 5.97 Å². The van der Waals surface area contributed by atoms with E-state index in [1.165, 1.54) is 7.11 Å². The van der Waals surface area contributed by atoms with Crippen molar-refractivity contribution in [1.82, 2.24) is 4.98 Å². The lowest BCUT2D eigenvalue weighted by atomic mass is 10.1. The van der Waals surface area contributed by atoms with Gasteiger partial charge in [0, 0.05) is 18.3 Å². The first-order valence-corrected chi connectivity index (χ1v) is 4.38. The molecule has 5 heteroatoms. The Balaban J connectivity index is 0.00000196. The molecule has 0 fully saturated rings. The minimum Gasteiger partial charge on any atom is -0.468 e. The number of carbonyl (C=O) groups excluding carboxylic acids is 1. The SMILES string of the molecule is COC(=O)C(N)Cc1ccc(C)cn1.Cl. The summed E-state index contributed by atoms with van der Waals surface area (Å²) in [5.74, 6) is -0.410. The van der Waals surface area contributed by atoms with Gasteiger partial charge in [0.25, 0.3) is 0 Å². The number of nitrogens with zero attached hydrogens (tertiary/aromatic N) is 1. The molecule has 15 heavy (non-hydrogen) atoms. The molecule has 0 spiro atoms. The van der Waals surface area contributed by atoms with Crippen molar-refractivity contribution in [3.63, 3.8) is 0 Å². The van der Waals surface area contributed by atoms with E-state index in [-0.39, 0.29) is 12.4 Å². The Labute approximate surface area is 95.2 Å². The van der Waals surface area contributed by atoms with Gasteiger partial charge in [0.2, 0.25) is 0 Å². The van der Waals surface area contributed by atoms with E-state index in [1.807, 2.05) is 19.1 Å². The molecule has 0 aromatic carbocycles. The van der Waals surface area contributed by atoms with E-state index in [9.17, 15) is 4.79 Å². The molecule has 0 amide bonds. The minimum absolute atomic E-state index is 0. The lowest BCUT2D eigenvalue weighted by Gasteiger charge is -2.08. The minimum atomic E-state index is -0.629. The fraction of sp³-hybridized carbons (Fsp3) is 0.400. The van der Waals surface area contributed by atoms with Gasteiger partial charge in [0.15, 0.2) is 0 Å². The zero-order chi connectivity index (χ0) is 10.6. The Bertz CT molecular complexity index is 314. The lowest BCUT2D eigenvalue weighted by molar-refractivity contribution is -0.142. The topological polar surface area (TPSA) is 65.2 Å². The fourth-order valence-electron chi connectivity index (χ4n) is 1.08. The zero-order valence-electron chi connectivity index (χ0n) is 8.77. The number of hydrogen-bond donors (Lipinski definition) is 1. The van der Waals surface area contributed by atoms with Crippen molar-refractivity contribution >= 4 is 18.4 Å². The monoisotopic (exact) mass is 230 g/mol. The molecule has 1 unspecified atom stereocenters. The molecule has 0 aliphatic carbocycles. The van der Waals surface area contributed by atoms with Crippen molar-refractivity contribution < 1.29 is 9.53 Å². The van der Waals surface area contributed by atoms with E-state index >= 15 is 0 Å². The first kappa shape index (κ1) is 13.9. The van der Waals surface area contributed by atoms with Gasteiger partial charge in [-0.3, -0.25) is 9.78 Å². The maximum absolute atomic E-state index is 11.0. The van der Waals surface area contributed by atoms with Crippen LogP contribution in [0.1, 0.15) is 11.3 Å². The molecule has 0 saturated heterocycles. The van der Waals surface area contributed by atoms with Crippen LogP contribution in [-0.4, -0.2) is 24.1 Å². The van der Waals surface area contributed by atoms with Gasteiger partial charge in [-0.25, -0.2) is 0 Å². The number of nitrogens with two attached hydrogens (primary N) is 1. The van der Waals surface area contributed by atoms with Gasteiger partial charge in [0.05, 0.1) is 7.11 Å². The van der Waals surface area contributed by atoms with Crippen LogP contribution in [0.2, 0.25) is 0 Å². The molecule has 1 atom stereocenters.